The molecule has 0 aromatic carbocycles. The quantitative estimate of drug-likeness (QED) is 0.265. The van der Waals surface area contributed by atoms with Crippen LogP contribution < -0.4 is 0 Å². The molecule has 0 heterocycles. The molecule has 0 aliphatic rings. The van der Waals surface area contributed by atoms with Crippen LogP contribution in [0.1, 0.15) is 26.2 Å². The Kier molecular flexibility index (Phi) is 5.79. The molecule has 3 heteroatoms. The van der Waals surface area contributed by atoms with Crippen molar-refractivity contribution < 1.29 is 14.6 Å². The summed E-state index contributed by atoms with van der Waals surface area (Å²) < 4.78 is 0. The van der Waals surface area contributed by atoms with Gasteiger partial charge in [0.15, 0.2) is 0 Å². The second-order valence-corrected chi connectivity index (χ2v) is 2.26. The van der Waals surface area contributed by atoms with E-state index >= 15 is 0 Å². The van der Waals surface area contributed by atoms with Gasteiger partial charge < -0.3 is 0 Å². The van der Waals surface area contributed by atoms with E-state index in [0.717, 1.165) is 6.42 Å². The predicted molar refractivity (Wildman–Crippen MR) is 46.0 cm³/mol. The lowest BCUT2D eigenvalue weighted by Gasteiger charge is -2.04. The lowest BCUT2D eigenvalue weighted by atomic mass is 10.3. The highest BCUT2D eigenvalue weighted by Crippen LogP contribution is 2.05. The van der Waals surface area contributed by atoms with Crippen molar-refractivity contribution in [1.29, 1.82) is 0 Å². The van der Waals surface area contributed by atoms with Crippen molar-refractivity contribution in [2.24, 2.45) is 0 Å². The molecule has 3 nitrogen and oxygen atoms in total. The first-order chi connectivity index (χ1) is 5.70. The summed E-state index contributed by atoms with van der Waals surface area (Å²) in [6.45, 7) is 8.78. The van der Waals surface area contributed by atoms with Gasteiger partial charge in [-0.05, 0) is 6.42 Å². The third-order valence-electron chi connectivity index (χ3n) is 1.17. The Hall–Kier alpha value is -1.25. The molecular formula is C9H14O3. The maximum atomic E-state index is 10.6. The molecule has 12 heavy (non-hydrogen) atoms. The van der Waals surface area contributed by atoms with Crippen LogP contribution in [0.25, 0.3) is 0 Å². The minimum absolute atomic E-state index is 0.300. The Morgan fingerprint density at radius 3 is 2.67 bits per heavy atom. The molecule has 0 N–H and O–H groups in total. The fourth-order valence-corrected chi connectivity index (χ4v) is 0.469. The standard InChI is InChI=1S/C9H14O3/c1-4-6-7-8(3)11-12-9(10)5-2/h4H,1,3,5-7H2,2H3. The zero-order valence-electron chi connectivity index (χ0n) is 7.34. The minimum atomic E-state index is -0.394. The summed E-state index contributed by atoms with van der Waals surface area (Å²) in [5.41, 5.74) is 0. The van der Waals surface area contributed by atoms with E-state index in [1.54, 1.807) is 13.0 Å². The van der Waals surface area contributed by atoms with Gasteiger partial charge in [0, 0.05) is 12.8 Å². The highest BCUT2D eigenvalue weighted by Gasteiger charge is 2.01. The van der Waals surface area contributed by atoms with Gasteiger partial charge in [-0.3, -0.25) is 9.78 Å². The number of allylic oxidation sites excluding steroid dienone is 2. The molecule has 0 rings (SSSR count). The molecule has 68 valence electrons. The summed E-state index contributed by atoms with van der Waals surface area (Å²) in [6.07, 6.45) is 3.44. The van der Waals surface area contributed by atoms with Gasteiger partial charge in [0.1, 0.15) is 5.76 Å². The lowest BCUT2D eigenvalue weighted by Crippen LogP contribution is -2.02. The Balaban J connectivity index is 3.43. The molecule has 0 saturated heterocycles. The van der Waals surface area contributed by atoms with Crippen LogP contribution in [0, 0.1) is 0 Å². The largest absolute Gasteiger partial charge is 0.355 e. The lowest BCUT2D eigenvalue weighted by molar-refractivity contribution is -0.248. The van der Waals surface area contributed by atoms with Crippen molar-refractivity contribution >= 4 is 5.97 Å². The SMILES string of the molecule is C=CCCC(=C)OOC(=O)CC. The van der Waals surface area contributed by atoms with Crippen LogP contribution >= 0.6 is 0 Å². The van der Waals surface area contributed by atoms with Crippen LogP contribution in [0.5, 0.6) is 0 Å². The molecule has 0 unspecified atom stereocenters. The van der Waals surface area contributed by atoms with Crippen LogP contribution in [0.3, 0.4) is 0 Å². The number of carbonyl (C=O) groups excluding carboxylic acids is 1. The van der Waals surface area contributed by atoms with Crippen molar-refractivity contribution in [3.05, 3.63) is 25.0 Å². The molecule has 0 aromatic rings. The molecule has 0 amide bonds. The Morgan fingerprint density at radius 1 is 1.50 bits per heavy atom. The van der Waals surface area contributed by atoms with Gasteiger partial charge in [0.05, 0.1) is 0 Å². The number of carbonyl (C=O) groups is 1. The summed E-state index contributed by atoms with van der Waals surface area (Å²) in [5, 5.41) is 0. The van der Waals surface area contributed by atoms with Gasteiger partial charge in [0.25, 0.3) is 0 Å². The average molecular weight is 170 g/mol. The molecule has 0 spiro atoms. The first kappa shape index (κ1) is 10.8. The van der Waals surface area contributed by atoms with E-state index in [4.69, 9.17) is 0 Å². The highest BCUT2D eigenvalue weighted by atomic mass is 17.2. The second-order valence-electron chi connectivity index (χ2n) is 2.26. The highest BCUT2D eigenvalue weighted by molar-refractivity contribution is 5.68. The van der Waals surface area contributed by atoms with Gasteiger partial charge in [-0.2, -0.15) is 0 Å². The third-order valence-corrected chi connectivity index (χ3v) is 1.17. The van der Waals surface area contributed by atoms with Gasteiger partial charge in [-0.15, -0.1) is 6.58 Å². The zero-order chi connectivity index (χ0) is 9.40. The van der Waals surface area contributed by atoms with Crippen molar-refractivity contribution in [2.75, 3.05) is 0 Å². The summed E-state index contributed by atoms with van der Waals surface area (Å²) in [7, 11) is 0. The normalized spacial score (nSPS) is 8.75. The van der Waals surface area contributed by atoms with Crippen molar-refractivity contribution in [3.8, 4) is 0 Å². The first-order valence-corrected chi connectivity index (χ1v) is 3.86. The molecule has 0 aliphatic carbocycles. The average Bonchev–Trinajstić information content (AvgIpc) is 2.10. The van der Waals surface area contributed by atoms with E-state index in [-0.39, 0.29) is 0 Å². The maximum absolute atomic E-state index is 10.6. The summed E-state index contributed by atoms with van der Waals surface area (Å²) >= 11 is 0. The summed E-state index contributed by atoms with van der Waals surface area (Å²) in [6, 6.07) is 0. The zero-order valence-corrected chi connectivity index (χ0v) is 7.34. The molecule has 0 bridgehead atoms. The monoisotopic (exact) mass is 170 g/mol. The van der Waals surface area contributed by atoms with Crippen LogP contribution in [-0.2, 0) is 14.6 Å². The molecular weight excluding hydrogens is 156 g/mol. The summed E-state index contributed by atoms with van der Waals surface area (Å²) in [4.78, 5) is 19.6. The molecule has 0 aromatic heterocycles. The van der Waals surface area contributed by atoms with E-state index < -0.39 is 5.97 Å². The van der Waals surface area contributed by atoms with Gasteiger partial charge in [-0.25, -0.2) is 4.79 Å². The van der Waals surface area contributed by atoms with Crippen LogP contribution in [0.4, 0.5) is 0 Å². The second kappa shape index (κ2) is 6.46. The van der Waals surface area contributed by atoms with Crippen molar-refractivity contribution in [1.82, 2.24) is 0 Å². The first-order valence-electron chi connectivity index (χ1n) is 3.86. The van der Waals surface area contributed by atoms with E-state index in [2.05, 4.69) is 22.9 Å². The summed E-state index contributed by atoms with van der Waals surface area (Å²) in [5.74, 6) is 0.0476. The predicted octanol–water partition coefficient (Wildman–Crippen LogP) is 2.35. The third kappa shape index (κ3) is 5.53. The van der Waals surface area contributed by atoms with Gasteiger partial charge >= 0.3 is 5.97 Å². The maximum Gasteiger partial charge on any atom is 0.355 e. The Labute approximate surface area is 72.6 Å². The van der Waals surface area contributed by atoms with Crippen LogP contribution in [-0.4, -0.2) is 5.97 Å². The fraction of sp³-hybridized carbons (Fsp3) is 0.444. The smallest absolute Gasteiger partial charge is 0.292 e. The molecule has 0 fully saturated rings. The van der Waals surface area contributed by atoms with E-state index in [1.807, 2.05) is 0 Å². The molecule has 0 aliphatic heterocycles. The molecule has 0 atom stereocenters. The number of hydrogen-bond acceptors (Lipinski definition) is 3. The fourth-order valence-electron chi connectivity index (χ4n) is 0.469. The number of rotatable bonds is 6. The Morgan fingerprint density at radius 2 is 2.17 bits per heavy atom. The van der Waals surface area contributed by atoms with E-state index in [0.29, 0.717) is 18.6 Å². The van der Waals surface area contributed by atoms with Crippen molar-refractivity contribution in [3.63, 3.8) is 0 Å². The number of hydrogen-bond donors (Lipinski definition) is 0. The van der Waals surface area contributed by atoms with E-state index in [1.165, 1.54) is 0 Å². The topological polar surface area (TPSA) is 35.5 Å². The molecule has 0 saturated carbocycles. The Bertz CT molecular complexity index is 173. The minimum Gasteiger partial charge on any atom is -0.292 e. The van der Waals surface area contributed by atoms with E-state index in [9.17, 15) is 4.79 Å². The van der Waals surface area contributed by atoms with Crippen LogP contribution in [0.2, 0.25) is 0 Å². The van der Waals surface area contributed by atoms with Gasteiger partial charge in [0.2, 0.25) is 0 Å². The molecule has 0 radical (unpaired) electrons. The van der Waals surface area contributed by atoms with Crippen molar-refractivity contribution in [2.45, 2.75) is 26.2 Å². The van der Waals surface area contributed by atoms with Crippen LogP contribution in [0.15, 0.2) is 25.0 Å². The van der Waals surface area contributed by atoms with Gasteiger partial charge in [-0.1, -0.05) is 19.6 Å².